The van der Waals surface area contributed by atoms with Crippen molar-refractivity contribution in [2.45, 2.75) is 13.8 Å². The number of benzene rings is 20. The highest BCUT2D eigenvalue weighted by Crippen LogP contribution is 2.51. The summed E-state index contributed by atoms with van der Waals surface area (Å²) in [6.07, 6.45) is 0. The third-order valence-corrected chi connectivity index (χ3v) is 28.0. The van der Waals surface area contributed by atoms with E-state index in [1.807, 2.05) is 12.1 Å². The van der Waals surface area contributed by atoms with Gasteiger partial charge in [-0.05, 0) is 207 Å². The number of nitriles is 2. The Balaban J connectivity index is 0.000000136. The van der Waals surface area contributed by atoms with Gasteiger partial charge in [0.15, 0.2) is 0 Å². The Labute approximate surface area is 769 Å². The molecule has 8 aromatic heterocycles. The molecule has 0 aliphatic heterocycles. The minimum atomic E-state index is 0.606. The zero-order valence-corrected chi connectivity index (χ0v) is 73.0. The first kappa shape index (κ1) is 75.9. The second-order valence-electron chi connectivity index (χ2n) is 35.4. The fraction of sp³-hybridized carbons (Fsp3) is 0.0161. The normalized spacial score (nSPS) is 11.9. The zero-order chi connectivity index (χ0) is 88.7. The fourth-order valence-corrected chi connectivity index (χ4v) is 22.5. The number of aromatic nitrogens is 8. The van der Waals surface area contributed by atoms with E-state index < -0.39 is 0 Å². The van der Waals surface area contributed by atoms with Gasteiger partial charge < -0.3 is 36.5 Å². The van der Waals surface area contributed by atoms with E-state index in [1.165, 1.54) is 119 Å². The molecule has 28 aromatic rings. The number of aryl methyl sites for hydroxylation is 2. The Morgan fingerprint density at radius 2 is 0.425 bits per heavy atom. The predicted octanol–water partition coefficient (Wildman–Crippen LogP) is 31.8. The molecule has 10 heteroatoms. The van der Waals surface area contributed by atoms with Crippen LogP contribution in [-0.4, -0.2) is 36.5 Å². The summed E-state index contributed by atoms with van der Waals surface area (Å²) in [5.41, 5.74) is 34.4. The van der Waals surface area contributed by atoms with Crippen molar-refractivity contribution in [1.29, 1.82) is 10.5 Å². The van der Waals surface area contributed by atoms with E-state index in [2.05, 4.69) is 487 Å². The van der Waals surface area contributed by atoms with Crippen LogP contribution in [0.3, 0.4) is 0 Å². The quantitative estimate of drug-likeness (QED) is 0.137. The Morgan fingerprint density at radius 3 is 0.769 bits per heavy atom. The molecule has 0 amide bonds. The van der Waals surface area contributed by atoms with Gasteiger partial charge in [0.1, 0.15) is 0 Å². The topological polar surface area (TPSA) is 87.0 Å². The summed E-state index contributed by atoms with van der Waals surface area (Å²) in [6.45, 7) is 4.34. The molecule has 0 saturated carbocycles. The third-order valence-electron chi connectivity index (χ3n) is 28.0. The maximum atomic E-state index is 10.6. The van der Waals surface area contributed by atoms with Crippen LogP contribution in [0.5, 0.6) is 0 Å². The molecule has 20 aromatic carbocycles. The van der Waals surface area contributed by atoms with Gasteiger partial charge in [-0.3, -0.25) is 0 Å². The number of fused-ring (bicyclic) bond motifs is 26. The van der Waals surface area contributed by atoms with Crippen molar-refractivity contribution in [2.75, 3.05) is 0 Å². The first-order valence-electron chi connectivity index (χ1n) is 45.7. The van der Waals surface area contributed by atoms with Gasteiger partial charge in [-0.15, -0.1) is 0 Å². The first-order chi connectivity index (χ1) is 66.3. The lowest BCUT2D eigenvalue weighted by molar-refractivity contribution is 1.15. The lowest BCUT2D eigenvalue weighted by Gasteiger charge is -2.19. The molecule has 0 aliphatic carbocycles. The largest absolute Gasteiger partial charge is 0.309 e. The predicted molar refractivity (Wildman–Crippen MR) is 557 cm³/mol. The Morgan fingerprint density at radius 1 is 0.164 bits per heavy atom. The van der Waals surface area contributed by atoms with Gasteiger partial charge in [0, 0.05) is 131 Å². The van der Waals surface area contributed by atoms with Gasteiger partial charge in [0.25, 0.3) is 0 Å². The van der Waals surface area contributed by atoms with Crippen molar-refractivity contribution < 1.29 is 0 Å². The monoisotopic (exact) mass is 1710 g/mol. The lowest BCUT2D eigenvalue weighted by atomic mass is 9.97. The van der Waals surface area contributed by atoms with Crippen LogP contribution in [0.2, 0.25) is 0 Å². The molecule has 134 heavy (non-hydrogen) atoms. The number of hydrogen-bond acceptors (Lipinski definition) is 2. The molecule has 28 rings (SSSR count). The van der Waals surface area contributed by atoms with Crippen LogP contribution in [0.1, 0.15) is 22.3 Å². The molecule has 0 unspecified atom stereocenters. The van der Waals surface area contributed by atoms with E-state index in [0.29, 0.717) is 11.1 Å². The van der Waals surface area contributed by atoms with Crippen LogP contribution >= 0.6 is 0 Å². The summed E-state index contributed by atoms with van der Waals surface area (Å²) in [5.74, 6) is 0. The van der Waals surface area contributed by atoms with E-state index in [1.54, 1.807) is 0 Å². The molecule has 0 saturated heterocycles. The van der Waals surface area contributed by atoms with Gasteiger partial charge >= 0.3 is 0 Å². The van der Waals surface area contributed by atoms with Crippen LogP contribution in [0.4, 0.5) is 0 Å². The summed E-state index contributed by atoms with van der Waals surface area (Å²) < 4.78 is 19.4. The van der Waals surface area contributed by atoms with Crippen LogP contribution in [0.15, 0.2) is 437 Å². The van der Waals surface area contributed by atoms with Crippen molar-refractivity contribution in [2.24, 2.45) is 0 Å². The number of nitrogens with zero attached hydrogens (tertiary/aromatic N) is 10. The van der Waals surface area contributed by atoms with E-state index in [0.717, 1.165) is 134 Å². The second-order valence-corrected chi connectivity index (χ2v) is 35.4. The van der Waals surface area contributed by atoms with Crippen molar-refractivity contribution >= 4 is 174 Å². The van der Waals surface area contributed by atoms with Gasteiger partial charge in [0.05, 0.1) is 134 Å². The average molecular weight is 1710 g/mol. The summed E-state index contributed by atoms with van der Waals surface area (Å²) in [7, 11) is 0. The maximum Gasteiger partial charge on any atom is 0.0991 e. The van der Waals surface area contributed by atoms with Crippen molar-refractivity contribution in [3.63, 3.8) is 0 Å². The van der Waals surface area contributed by atoms with Crippen molar-refractivity contribution in [3.8, 4) is 79.9 Å². The molecule has 0 bridgehead atoms. The standard InChI is InChI=1S/2C62H39N5/c1-39-28-30-45(58(36-39)67-54-27-15-11-23-49(54)60-57(67)35-32-47-44-21-9-13-25-52(44)65(62(47)60)42-18-6-3-7-19-42)50-37-40(38-63)29-33-55(50)66-53-26-14-10-22-48(53)59-56(66)34-31-46-43-20-8-12-24-51(43)64(61(46)59)41-16-4-2-5-17-41;1-39-28-30-47(58(32-39)67-56-27-15-11-23-46(56)52-35-50-44-21-9-13-25-54(44)65(60(50)37-62(52)67)42-18-6-3-7-19-42)48-33-40(38-63)29-31-57(48)66-55-26-14-10-22-45(55)51-34-49-43-20-8-12-24-53(43)64(59(49)36-61(51)66)41-16-4-2-5-17-41/h2*2-37H,1H3. The minimum absolute atomic E-state index is 0.606. The Kier molecular flexibility index (Phi) is 16.8. The summed E-state index contributed by atoms with van der Waals surface area (Å²) in [4.78, 5) is 0. The SMILES string of the molecule is Cc1ccc(-c2cc(C#N)ccc2-n2c3ccccc3c3c2ccc2c4ccccc4n(-c4ccccc4)c23)c(-n2c3ccccc3c3c2ccc2c4ccccc4n(-c4ccccc4)c23)c1.Cc1ccc(-c2cc(C#N)ccc2-n2c3ccccc3c3cc4c5ccccc5n(-c5ccccc5)c4cc32)c(-n2c3ccccc3c3cc4c5ccccc5n(-c5ccccc5)c4cc32)c1. The molecule has 0 spiro atoms. The molecule has 8 heterocycles. The molecule has 0 fully saturated rings. The van der Waals surface area contributed by atoms with Gasteiger partial charge in [-0.2, -0.15) is 10.5 Å². The molecule has 624 valence electrons. The van der Waals surface area contributed by atoms with E-state index in [4.69, 9.17) is 0 Å². The van der Waals surface area contributed by atoms with Gasteiger partial charge in [-0.1, -0.05) is 255 Å². The zero-order valence-electron chi connectivity index (χ0n) is 73.0. The fourth-order valence-electron chi connectivity index (χ4n) is 22.5. The number of rotatable bonds is 10. The molecule has 10 nitrogen and oxygen atoms in total. The Hall–Kier alpha value is -18.2. The van der Waals surface area contributed by atoms with Crippen LogP contribution in [-0.2, 0) is 0 Å². The highest BCUT2D eigenvalue weighted by molar-refractivity contribution is 6.29. The van der Waals surface area contributed by atoms with E-state index >= 15 is 0 Å². The summed E-state index contributed by atoms with van der Waals surface area (Å²) >= 11 is 0. The van der Waals surface area contributed by atoms with Crippen LogP contribution in [0, 0.1) is 36.5 Å². The summed E-state index contributed by atoms with van der Waals surface area (Å²) in [6, 6.07) is 163. The molecular formula is C124H78N10. The number of para-hydroxylation sites is 12. The van der Waals surface area contributed by atoms with E-state index in [-0.39, 0.29) is 0 Å². The highest BCUT2D eigenvalue weighted by atomic mass is 15.1. The third kappa shape index (κ3) is 11.2. The van der Waals surface area contributed by atoms with Crippen LogP contribution in [0.25, 0.3) is 242 Å². The molecule has 0 aliphatic rings. The van der Waals surface area contributed by atoms with Crippen molar-refractivity contribution in [3.05, 3.63) is 459 Å². The minimum Gasteiger partial charge on any atom is -0.309 e. The van der Waals surface area contributed by atoms with Crippen molar-refractivity contribution in [1.82, 2.24) is 36.5 Å². The van der Waals surface area contributed by atoms with E-state index in [9.17, 15) is 10.5 Å². The maximum absolute atomic E-state index is 10.6. The smallest absolute Gasteiger partial charge is 0.0991 e. The van der Waals surface area contributed by atoms with Gasteiger partial charge in [-0.25, -0.2) is 0 Å². The molecule has 0 radical (unpaired) electrons. The van der Waals surface area contributed by atoms with Gasteiger partial charge in [0.2, 0.25) is 0 Å². The number of hydrogen-bond donors (Lipinski definition) is 0. The van der Waals surface area contributed by atoms with Crippen LogP contribution < -0.4 is 0 Å². The average Bonchev–Trinajstić information content (AvgIpc) is 1.54. The summed E-state index contributed by atoms with van der Waals surface area (Å²) in [5, 5.41) is 40.4. The lowest BCUT2D eigenvalue weighted by Crippen LogP contribution is -2.03. The highest BCUT2D eigenvalue weighted by Gasteiger charge is 2.30. The molecule has 0 atom stereocenters. The molecule has 0 N–H and O–H groups in total. The first-order valence-corrected chi connectivity index (χ1v) is 45.7. The molecular weight excluding hydrogens is 1630 g/mol. The Bertz CT molecular complexity index is 9800. The second kappa shape index (κ2) is 29.7.